The largest absolute Gasteiger partial charge is 0.393 e. The average Bonchev–Trinajstić information content (AvgIpc) is 3.62. The minimum absolute atomic E-state index is 0.145. The molecule has 2 atom stereocenters. The predicted molar refractivity (Wildman–Crippen MR) is 278 cm³/mol. The van der Waals surface area contributed by atoms with E-state index in [0.717, 1.165) is 84.1 Å². The van der Waals surface area contributed by atoms with Gasteiger partial charge in [0.05, 0.1) is 22.3 Å². The van der Waals surface area contributed by atoms with Gasteiger partial charge in [0.15, 0.2) is 11.1 Å². The van der Waals surface area contributed by atoms with E-state index in [2.05, 4.69) is 42.2 Å². The van der Waals surface area contributed by atoms with Gasteiger partial charge in [-0.05, 0) is 141 Å². The fraction of sp³-hybridized carbons (Fsp3) is 0.327. The normalized spacial score (nSPS) is 15.7. The molecule has 1 amide bonds. The monoisotopic (exact) mass is 993 g/mol. The molecule has 0 spiro atoms. The van der Waals surface area contributed by atoms with Crippen LogP contribution in [0.3, 0.4) is 0 Å². The number of thioether (sulfide) groups is 1. The molecule has 17 heteroatoms. The van der Waals surface area contributed by atoms with Gasteiger partial charge in [-0.2, -0.15) is 0 Å². The van der Waals surface area contributed by atoms with Crippen molar-refractivity contribution < 1.29 is 31.5 Å². The predicted octanol–water partition coefficient (Wildman–Crippen LogP) is 8.57. The van der Waals surface area contributed by atoms with E-state index in [4.69, 9.17) is 0 Å². The van der Waals surface area contributed by atoms with Crippen molar-refractivity contribution in [2.75, 3.05) is 77.3 Å². The minimum Gasteiger partial charge on any atom is -0.393 e. The number of aliphatic hydroxyl groups is 1. The number of hydrogen-bond acceptors (Lipinski definition) is 10. The maximum absolute atomic E-state index is 14.0. The first-order valence-corrected chi connectivity index (χ1v) is 27.0. The maximum atomic E-state index is 14.0. The zero-order valence-corrected chi connectivity index (χ0v) is 41.6. The zero-order chi connectivity index (χ0) is 48.7. The molecule has 0 saturated carbocycles. The van der Waals surface area contributed by atoms with E-state index >= 15 is 0 Å². The van der Waals surface area contributed by atoms with Gasteiger partial charge in [0.2, 0.25) is 0 Å². The molecule has 2 fully saturated rings. The molecule has 69 heavy (non-hydrogen) atoms. The third kappa shape index (κ3) is 12.4. The number of amides is 1. The number of piperidine rings is 1. The first-order valence-electron chi connectivity index (χ1n) is 23.2. The Morgan fingerprint density at radius 1 is 0.826 bits per heavy atom. The van der Waals surface area contributed by atoms with E-state index in [1.165, 1.54) is 17.0 Å². The summed E-state index contributed by atoms with van der Waals surface area (Å²) in [4.78, 5) is 21.9. The highest BCUT2D eigenvalue weighted by atomic mass is 32.2. The molecule has 0 radical (unpaired) electrons. The summed E-state index contributed by atoms with van der Waals surface area (Å²) in [6, 6.07) is 37.2. The molecule has 0 aliphatic carbocycles. The molecule has 2 saturated heterocycles. The number of piperazine rings is 1. The van der Waals surface area contributed by atoms with Gasteiger partial charge in [-0.3, -0.25) is 9.52 Å². The highest BCUT2D eigenvalue weighted by molar-refractivity contribution is 7.99. The molecule has 1 unspecified atom stereocenters. The number of likely N-dealkylation sites (tertiary alicyclic amines) is 1. The summed E-state index contributed by atoms with van der Waals surface area (Å²) < 4.78 is 67.0. The summed E-state index contributed by atoms with van der Waals surface area (Å²) in [6.45, 7) is 9.27. The Kier molecular flexibility index (Phi) is 16.1. The molecule has 3 heterocycles. The first-order chi connectivity index (χ1) is 33.2. The summed E-state index contributed by atoms with van der Waals surface area (Å²) >= 11 is -0.427. The Hall–Kier alpha value is -5.69. The number of sulfonamides is 1. The van der Waals surface area contributed by atoms with Crippen LogP contribution in [-0.2, 0) is 28.2 Å². The molecular formula is C52H60FN7O6S3. The molecule has 6 aromatic rings. The Morgan fingerprint density at radius 3 is 2.17 bits per heavy atom. The number of aryl methyl sites for hydroxylation is 1. The Morgan fingerprint density at radius 2 is 1.51 bits per heavy atom. The van der Waals surface area contributed by atoms with Gasteiger partial charge in [-0.1, -0.05) is 30.3 Å². The number of carbonyl (C=O) groups excluding carboxylic acids is 1. The van der Waals surface area contributed by atoms with Crippen LogP contribution in [0.1, 0.15) is 40.9 Å². The lowest BCUT2D eigenvalue weighted by Crippen LogP contribution is -2.46. The molecule has 2 aliphatic heterocycles. The van der Waals surface area contributed by atoms with E-state index in [1.54, 1.807) is 48.2 Å². The minimum atomic E-state index is -3.88. The van der Waals surface area contributed by atoms with Gasteiger partial charge in [0.1, 0.15) is 11.7 Å². The van der Waals surface area contributed by atoms with Crippen LogP contribution >= 0.6 is 11.8 Å². The summed E-state index contributed by atoms with van der Waals surface area (Å²) in [5.41, 5.74) is 8.02. The number of anilines is 4. The van der Waals surface area contributed by atoms with Crippen LogP contribution in [0.25, 0.3) is 22.4 Å². The summed E-state index contributed by atoms with van der Waals surface area (Å²) in [5, 5.41) is 16.3. The van der Waals surface area contributed by atoms with Crippen molar-refractivity contribution in [3.8, 4) is 22.4 Å². The van der Waals surface area contributed by atoms with Crippen LogP contribution in [0.4, 0.5) is 27.1 Å². The van der Waals surface area contributed by atoms with E-state index in [-0.39, 0.29) is 22.9 Å². The Labute approximate surface area is 411 Å². The molecule has 5 aromatic carbocycles. The van der Waals surface area contributed by atoms with Gasteiger partial charge in [0, 0.05) is 104 Å². The highest BCUT2D eigenvalue weighted by Crippen LogP contribution is 2.40. The fourth-order valence-electron chi connectivity index (χ4n) is 9.14. The second-order valence-corrected chi connectivity index (χ2v) is 21.4. The van der Waals surface area contributed by atoms with E-state index in [9.17, 15) is 31.5 Å². The highest BCUT2D eigenvalue weighted by Gasteiger charge is 2.28. The SMILES string of the molecule is Cc1cc(S(=O)(=O)Nc2ccc(N3CCN(c4cccc(-c5c(C(=O)NCS(=O)O)c(C)n(C)c5-c5ccc(F)cc5)c4)CC3)cc2)ccc1N[C@H](CCN1CCC(O)CC1)CSc1ccccc1. The Bertz CT molecular complexity index is 2850. The van der Waals surface area contributed by atoms with Crippen LogP contribution in [0.2, 0.25) is 0 Å². The third-order valence-electron chi connectivity index (χ3n) is 13.1. The maximum Gasteiger partial charge on any atom is 0.261 e. The number of carbonyl (C=O) groups is 1. The van der Waals surface area contributed by atoms with Crippen molar-refractivity contribution in [3.05, 3.63) is 144 Å². The van der Waals surface area contributed by atoms with Gasteiger partial charge in [-0.25, -0.2) is 17.0 Å². The summed E-state index contributed by atoms with van der Waals surface area (Å²) in [6.07, 6.45) is 2.30. The molecule has 1 aromatic heterocycles. The summed E-state index contributed by atoms with van der Waals surface area (Å²) in [5.74, 6) is -0.427. The van der Waals surface area contributed by atoms with E-state index < -0.39 is 32.9 Å². The molecule has 2 aliphatic rings. The van der Waals surface area contributed by atoms with Crippen molar-refractivity contribution in [2.24, 2.45) is 7.05 Å². The first kappa shape index (κ1) is 49.7. The third-order valence-corrected chi connectivity index (χ3v) is 16.0. The number of rotatable bonds is 18. The lowest BCUT2D eigenvalue weighted by Gasteiger charge is -2.37. The average molecular weight is 994 g/mol. The standard InChI is InChI=1S/C52H60FN7O6S3/c1-36-32-47(20-21-48(36)55-42(34-67-46-10-5-4-6-11-46)22-25-58-26-23-45(61)24-27-58)69(65,66)56-41-16-18-43(19-17-41)59-28-30-60(31-29-59)44-9-7-8-39(33-44)50-49(52(62)54-35-68(63)64)37(2)57(3)51(50)38-12-14-40(53)15-13-38/h4-21,32-33,42,45,55-56,61H,22-31,34-35H2,1-3H3,(H,54,62)(H,63,64)/t42-/m1/s1. The molecule has 0 bridgehead atoms. The van der Waals surface area contributed by atoms with Crippen LogP contribution in [0.15, 0.2) is 131 Å². The number of nitrogens with zero attached hydrogens (tertiary/aromatic N) is 4. The van der Waals surface area contributed by atoms with Crippen LogP contribution in [-0.4, -0.2) is 107 Å². The Balaban J connectivity index is 0.906. The van der Waals surface area contributed by atoms with Crippen molar-refractivity contribution in [2.45, 2.75) is 55.0 Å². The number of hydrogen-bond donors (Lipinski definition) is 5. The van der Waals surface area contributed by atoms with Gasteiger partial charge in [0.25, 0.3) is 15.9 Å². The van der Waals surface area contributed by atoms with Crippen LogP contribution in [0.5, 0.6) is 0 Å². The van der Waals surface area contributed by atoms with E-state index in [1.807, 2.05) is 86.1 Å². The van der Waals surface area contributed by atoms with Gasteiger partial charge < -0.3 is 39.6 Å². The number of aliphatic hydroxyl groups excluding tert-OH is 1. The van der Waals surface area contributed by atoms with Crippen molar-refractivity contribution in [1.29, 1.82) is 0 Å². The smallest absolute Gasteiger partial charge is 0.261 e. The molecule has 8 rings (SSSR count). The van der Waals surface area contributed by atoms with Crippen molar-refractivity contribution in [3.63, 3.8) is 0 Å². The van der Waals surface area contributed by atoms with Crippen LogP contribution < -0.4 is 25.2 Å². The summed E-state index contributed by atoms with van der Waals surface area (Å²) in [7, 11) is -2.04. The number of nitrogens with one attached hydrogen (secondary N) is 3. The molecule has 13 nitrogen and oxygen atoms in total. The number of halogens is 1. The molecule has 364 valence electrons. The van der Waals surface area contributed by atoms with E-state index in [0.29, 0.717) is 48.7 Å². The second-order valence-electron chi connectivity index (χ2n) is 17.7. The lowest BCUT2D eigenvalue weighted by atomic mass is 9.96. The van der Waals surface area contributed by atoms with Crippen molar-refractivity contribution >= 4 is 61.5 Å². The number of benzene rings is 5. The lowest BCUT2D eigenvalue weighted by molar-refractivity contribution is 0.0817. The zero-order valence-electron chi connectivity index (χ0n) is 39.1. The quantitative estimate of drug-likeness (QED) is 0.0415. The number of aromatic nitrogens is 1. The van der Waals surface area contributed by atoms with Crippen molar-refractivity contribution in [1.82, 2.24) is 14.8 Å². The molecular weight excluding hydrogens is 934 g/mol. The fourth-order valence-corrected chi connectivity index (χ4v) is 11.5. The topological polar surface area (TPSA) is 159 Å². The van der Waals surface area contributed by atoms with Gasteiger partial charge in [-0.15, -0.1) is 11.8 Å². The second kappa shape index (κ2) is 22.4. The van der Waals surface area contributed by atoms with Gasteiger partial charge >= 0.3 is 0 Å². The molecule has 5 N–H and O–H groups in total. The van der Waals surface area contributed by atoms with Crippen LogP contribution in [0, 0.1) is 19.7 Å².